The van der Waals surface area contributed by atoms with E-state index in [9.17, 15) is 8.42 Å². The molecule has 0 aromatic heterocycles. The van der Waals surface area contributed by atoms with Gasteiger partial charge in [-0.25, -0.2) is 0 Å². The molecule has 0 radical (unpaired) electrons. The summed E-state index contributed by atoms with van der Waals surface area (Å²) in [4.78, 5) is -0.0741. The zero-order chi connectivity index (χ0) is 13.4. The first-order valence-corrected chi connectivity index (χ1v) is 8.46. The van der Waals surface area contributed by atoms with Crippen LogP contribution in [0.5, 0.6) is 0 Å². The van der Waals surface area contributed by atoms with E-state index in [0.29, 0.717) is 0 Å². The molecule has 0 bridgehead atoms. The van der Waals surface area contributed by atoms with Crippen molar-refractivity contribution in [2.24, 2.45) is 0 Å². The molecular formula is C13H13NaO3S. The first-order valence-electron chi connectivity index (χ1n) is 5.60. The number of rotatable bonds is 2. The zero-order valence-electron chi connectivity index (χ0n) is 10.2. The van der Waals surface area contributed by atoms with Crippen LogP contribution in [0.25, 0.3) is 0 Å². The summed E-state index contributed by atoms with van der Waals surface area (Å²) in [5.41, 5.74) is 1.47. The molecule has 0 fully saturated rings. The van der Waals surface area contributed by atoms with Crippen LogP contribution in [0.15, 0.2) is 65.6 Å². The zero-order valence-corrected chi connectivity index (χ0v) is 13.0. The van der Waals surface area contributed by atoms with Crippen molar-refractivity contribution < 1.29 is 13.0 Å². The fraction of sp³-hybridized carbons (Fsp3) is 0.0769. The van der Waals surface area contributed by atoms with Crippen molar-refractivity contribution in [2.75, 3.05) is 0 Å². The Morgan fingerprint density at radius 2 is 1.33 bits per heavy atom. The molecule has 2 rings (SSSR count). The molecule has 1 N–H and O–H groups in total. The Balaban J connectivity index is 0.000000184. The third kappa shape index (κ3) is 5.80. The molecular weight excluding hydrogens is 259 g/mol. The van der Waals surface area contributed by atoms with E-state index in [1.54, 1.807) is 18.2 Å². The molecule has 3 nitrogen and oxygen atoms in total. The minimum atomic E-state index is -4.00. The van der Waals surface area contributed by atoms with E-state index in [4.69, 9.17) is 4.55 Å². The Bertz CT molecular complexity index is 553. The van der Waals surface area contributed by atoms with Crippen LogP contribution in [0.3, 0.4) is 0 Å². The SMILES string of the molecule is O=S(=O)(O)c1ccccc1.[Na][CH2]c1ccccc1. The molecule has 0 amide bonds. The van der Waals surface area contributed by atoms with Gasteiger partial charge in [-0.1, -0.05) is 18.2 Å². The summed E-state index contributed by atoms with van der Waals surface area (Å²) in [6.45, 7) is 0. The van der Waals surface area contributed by atoms with Crippen LogP contribution < -0.4 is 0 Å². The molecule has 0 saturated heterocycles. The van der Waals surface area contributed by atoms with Gasteiger partial charge in [-0.2, -0.15) is 8.42 Å². The van der Waals surface area contributed by atoms with Gasteiger partial charge in [0, 0.05) is 0 Å². The fourth-order valence-corrected chi connectivity index (χ4v) is 2.28. The monoisotopic (exact) mass is 272 g/mol. The molecule has 90 valence electrons. The molecule has 0 atom stereocenters. The Kier molecular flexibility index (Phi) is 6.60. The minimum absolute atomic E-state index is 0.0741. The van der Waals surface area contributed by atoms with Crippen molar-refractivity contribution in [1.82, 2.24) is 0 Å². The van der Waals surface area contributed by atoms with E-state index in [-0.39, 0.29) is 4.90 Å². The predicted octanol–water partition coefficient (Wildman–Crippen LogP) is 2.29. The molecule has 0 aliphatic carbocycles. The van der Waals surface area contributed by atoms with Crippen molar-refractivity contribution in [3.63, 3.8) is 0 Å². The summed E-state index contributed by atoms with van der Waals surface area (Å²) in [6, 6.07) is 18.0. The van der Waals surface area contributed by atoms with Gasteiger partial charge in [-0.05, 0) is 12.1 Å². The Morgan fingerprint density at radius 1 is 0.889 bits per heavy atom. The molecule has 0 heterocycles. The summed E-state index contributed by atoms with van der Waals surface area (Å²) >= 11 is 1.28. The van der Waals surface area contributed by atoms with Crippen LogP contribution in [0, 0.1) is 0 Å². The molecule has 0 unspecified atom stereocenters. The van der Waals surface area contributed by atoms with Gasteiger partial charge in [-0.15, -0.1) is 0 Å². The van der Waals surface area contributed by atoms with Crippen LogP contribution >= 0.6 is 0 Å². The van der Waals surface area contributed by atoms with Crippen molar-refractivity contribution in [3.8, 4) is 0 Å². The number of hydrogen-bond acceptors (Lipinski definition) is 2. The fourth-order valence-electron chi connectivity index (χ4n) is 1.31. The van der Waals surface area contributed by atoms with E-state index < -0.39 is 10.1 Å². The van der Waals surface area contributed by atoms with Gasteiger partial charge in [0.2, 0.25) is 0 Å². The summed E-state index contributed by atoms with van der Waals surface area (Å²) in [6.07, 6.45) is 0. The Labute approximate surface area is 125 Å². The van der Waals surface area contributed by atoms with Crippen molar-refractivity contribution >= 4 is 38.0 Å². The van der Waals surface area contributed by atoms with Gasteiger partial charge in [0.25, 0.3) is 10.1 Å². The summed E-state index contributed by atoms with van der Waals surface area (Å²) in [5.74, 6) is 0. The van der Waals surface area contributed by atoms with Crippen molar-refractivity contribution in [1.29, 1.82) is 0 Å². The first-order chi connectivity index (χ1) is 8.54. The molecule has 2 aromatic rings. The summed E-state index contributed by atoms with van der Waals surface area (Å²) in [5, 5.41) is 0. The summed E-state index contributed by atoms with van der Waals surface area (Å²) in [7, 11) is -4.00. The maximum atomic E-state index is 10.4. The van der Waals surface area contributed by atoms with E-state index in [1.165, 1.54) is 49.3 Å². The number of benzene rings is 2. The van der Waals surface area contributed by atoms with Gasteiger partial charge < -0.3 is 0 Å². The molecule has 0 aliphatic rings. The van der Waals surface area contributed by atoms with Crippen LogP contribution in [0.1, 0.15) is 5.56 Å². The van der Waals surface area contributed by atoms with Gasteiger partial charge in [-0.3, -0.25) is 4.55 Å². The third-order valence-electron chi connectivity index (χ3n) is 2.29. The van der Waals surface area contributed by atoms with E-state index in [0.717, 1.165) is 0 Å². The normalized spacial score (nSPS) is 10.4. The topological polar surface area (TPSA) is 54.4 Å². The van der Waals surface area contributed by atoms with E-state index in [2.05, 4.69) is 30.3 Å². The summed E-state index contributed by atoms with van der Waals surface area (Å²) < 4.78 is 30.5. The van der Waals surface area contributed by atoms with E-state index >= 15 is 0 Å². The van der Waals surface area contributed by atoms with Gasteiger partial charge in [0.05, 0.1) is 4.90 Å². The third-order valence-corrected chi connectivity index (χ3v) is 3.98. The molecule has 18 heavy (non-hydrogen) atoms. The van der Waals surface area contributed by atoms with Gasteiger partial charge >= 0.3 is 67.5 Å². The molecule has 2 aromatic carbocycles. The van der Waals surface area contributed by atoms with Crippen LogP contribution in [0.4, 0.5) is 0 Å². The van der Waals surface area contributed by atoms with E-state index in [1.807, 2.05) is 0 Å². The second kappa shape index (κ2) is 7.71. The predicted molar refractivity (Wildman–Crippen MR) is 72.2 cm³/mol. The first kappa shape index (κ1) is 15.4. The van der Waals surface area contributed by atoms with Crippen LogP contribution in [-0.4, -0.2) is 40.9 Å². The average Bonchev–Trinajstić information content (AvgIpc) is 2.40. The Morgan fingerprint density at radius 3 is 1.61 bits per heavy atom. The van der Waals surface area contributed by atoms with Gasteiger partial charge in [0.1, 0.15) is 0 Å². The van der Waals surface area contributed by atoms with Crippen LogP contribution in [0.2, 0.25) is 0 Å². The van der Waals surface area contributed by atoms with Crippen molar-refractivity contribution in [3.05, 3.63) is 66.2 Å². The average molecular weight is 272 g/mol. The molecule has 0 aliphatic heterocycles. The number of hydrogen-bond donors (Lipinski definition) is 1. The Hall–Kier alpha value is -0.650. The molecule has 0 saturated carbocycles. The van der Waals surface area contributed by atoms with Crippen molar-refractivity contribution in [2.45, 2.75) is 8.57 Å². The second-order valence-electron chi connectivity index (χ2n) is 3.63. The van der Waals surface area contributed by atoms with Crippen LogP contribution in [-0.2, 0) is 13.8 Å². The second-order valence-corrected chi connectivity index (χ2v) is 5.76. The van der Waals surface area contributed by atoms with Gasteiger partial charge in [0.15, 0.2) is 0 Å². The molecule has 5 heteroatoms. The molecule has 0 spiro atoms. The maximum absolute atomic E-state index is 10.4. The standard InChI is InChI=1S/C7H7.C6H6O3S.Na/c1-7-5-3-2-4-6-7;7-10(8,9)6-4-2-1-3-5-6;/h2-6H,1H2;1-5H,(H,7,8,9);. The quantitative estimate of drug-likeness (QED) is 0.674.